The van der Waals surface area contributed by atoms with Crippen LogP contribution in [0, 0.1) is 5.92 Å². The molecule has 2 heterocycles. The lowest BCUT2D eigenvalue weighted by Gasteiger charge is -2.32. The van der Waals surface area contributed by atoms with E-state index in [1.54, 1.807) is 0 Å². The van der Waals surface area contributed by atoms with Gasteiger partial charge in [-0.25, -0.2) is 9.97 Å². The van der Waals surface area contributed by atoms with E-state index in [0.29, 0.717) is 5.92 Å². The molecular formula is C12H20N4. The SMILES string of the molecule is CCc1cnc(N2CCCC(CN)C2)nc1. The zero-order valence-electron chi connectivity index (χ0n) is 9.89. The first kappa shape index (κ1) is 11.3. The van der Waals surface area contributed by atoms with Crippen molar-refractivity contribution in [3.8, 4) is 0 Å². The summed E-state index contributed by atoms with van der Waals surface area (Å²) in [6.45, 7) is 4.94. The van der Waals surface area contributed by atoms with Crippen molar-refractivity contribution in [1.82, 2.24) is 9.97 Å². The zero-order valence-corrected chi connectivity index (χ0v) is 9.89. The molecule has 1 aromatic heterocycles. The van der Waals surface area contributed by atoms with E-state index in [2.05, 4.69) is 21.8 Å². The van der Waals surface area contributed by atoms with Gasteiger partial charge in [0, 0.05) is 25.5 Å². The molecule has 0 spiro atoms. The van der Waals surface area contributed by atoms with Gasteiger partial charge in [-0.3, -0.25) is 0 Å². The van der Waals surface area contributed by atoms with Crippen molar-refractivity contribution in [1.29, 1.82) is 0 Å². The van der Waals surface area contributed by atoms with Crippen LogP contribution in [0.4, 0.5) is 5.95 Å². The molecule has 88 valence electrons. The van der Waals surface area contributed by atoms with Crippen molar-refractivity contribution in [3.05, 3.63) is 18.0 Å². The molecule has 1 aliphatic heterocycles. The van der Waals surface area contributed by atoms with E-state index in [9.17, 15) is 0 Å². The number of aryl methyl sites for hydroxylation is 1. The first-order chi connectivity index (χ1) is 7.83. The Bertz CT molecular complexity index is 322. The van der Waals surface area contributed by atoms with Gasteiger partial charge in [0.2, 0.25) is 5.95 Å². The minimum Gasteiger partial charge on any atom is -0.341 e. The lowest BCUT2D eigenvalue weighted by Crippen LogP contribution is -2.39. The van der Waals surface area contributed by atoms with E-state index in [0.717, 1.165) is 32.0 Å². The van der Waals surface area contributed by atoms with Gasteiger partial charge in [0.25, 0.3) is 0 Å². The van der Waals surface area contributed by atoms with Gasteiger partial charge in [0.05, 0.1) is 0 Å². The van der Waals surface area contributed by atoms with Gasteiger partial charge in [-0.15, -0.1) is 0 Å². The van der Waals surface area contributed by atoms with E-state index in [4.69, 9.17) is 5.73 Å². The maximum absolute atomic E-state index is 5.72. The number of hydrogen-bond donors (Lipinski definition) is 1. The average Bonchev–Trinajstić information content (AvgIpc) is 2.39. The highest BCUT2D eigenvalue weighted by molar-refractivity contribution is 5.30. The standard InChI is InChI=1S/C12H20N4/c1-2-10-7-14-12(15-8-10)16-5-3-4-11(6-13)9-16/h7-8,11H,2-6,9,13H2,1H3. The number of anilines is 1. The average molecular weight is 220 g/mol. The van der Waals surface area contributed by atoms with Gasteiger partial charge in [-0.05, 0) is 37.3 Å². The van der Waals surface area contributed by atoms with E-state index in [1.165, 1.54) is 18.4 Å². The Morgan fingerprint density at radius 1 is 1.44 bits per heavy atom. The summed E-state index contributed by atoms with van der Waals surface area (Å²) in [4.78, 5) is 11.1. The lowest BCUT2D eigenvalue weighted by atomic mass is 9.99. The van der Waals surface area contributed by atoms with Crippen molar-refractivity contribution in [2.75, 3.05) is 24.5 Å². The van der Waals surface area contributed by atoms with Crippen LogP contribution >= 0.6 is 0 Å². The molecule has 4 nitrogen and oxygen atoms in total. The fourth-order valence-electron chi connectivity index (χ4n) is 2.13. The first-order valence-corrected chi connectivity index (χ1v) is 6.09. The van der Waals surface area contributed by atoms with E-state index in [1.807, 2.05) is 12.4 Å². The third-order valence-corrected chi connectivity index (χ3v) is 3.24. The van der Waals surface area contributed by atoms with Crippen LogP contribution in [0.1, 0.15) is 25.3 Å². The monoisotopic (exact) mass is 220 g/mol. The molecule has 0 amide bonds. The topological polar surface area (TPSA) is 55.0 Å². The third-order valence-electron chi connectivity index (χ3n) is 3.24. The number of nitrogens with two attached hydrogens (primary N) is 1. The van der Waals surface area contributed by atoms with Gasteiger partial charge in [-0.1, -0.05) is 6.92 Å². The maximum Gasteiger partial charge on any atom is 0.225 e. The zero-order chi connectivity index (χ0) is 11.4. The summed E-state index contributed by atoms with van der Waals surface area (Å²) in [5.74, 6) is 1.46. The molecule has 0 aromatic carbocycles. The Morgan fingerprint density at radius 2 is 2.19 bits per heavy atom. The molecule has 1 aromatic rings. The highest BCUT2D eigenvalue weighted by Gasteiger charge is 2.20. The molecule has 1 unspecified atom stereocenters. The number of nitrogens with zero attached hydrogens (tertiary/aromatic N) is 3. The number of rotatable bonds is 3. The van der Waals surface area contributed by atoms with Crippen LogP contribution in [-0.2, 0) is 6.42 Å². The highest BCUT2D eigenvalue weighted by atomic mass is 15.2. The fourth-order valence-corrected chi connectivity index (χ4v) is 2.13. The van der Waals surface area contributed by atoms with Crippen LogP contribution < -0.4 is 10.6 Å². The molecule has 1 fully saturated rings. The summed E-state index contributed by atoms with van der Waals surface area (Å²) in [5.41, 5.74) is 6.91. The van der Waals surface area contributed by atoms with Gasteiger partial charge < -0.3 is 10.6 Å². The second-order valence-electron chi connectivity index (χ2n) is 4.43. The summed E-state index contributed by atoms with van der Waals surface area (Å²) >= 11 is 0. The predicted molar refractivity (Wildman–Crippen MR) is 65.4 cm³/mol. The molecule has 2 rings (SSSR count). The van der Waals surface area contributed by atoms with Gasteiger partial charge in [0.1, 0.15) is 0 Å². The Morgan fingerprint density at radius 3 is 2.81 bits per heavy atom. The highest BCUT2D eigenvalue weighted by Crippen LogP contribution is 2.19. The summed E-state index contributed by atoms with van der Waals surface area (Å²) in [6, 6.07) is 0. The molecule has 0 saturated carbocycles. The molecule has 1 saturated heterocycles. The van der Waals surface area contributed by atoms with Gasteiger partial charge >= 0.3 is 0 Å². The van der Waals surface area contributed by atoms with Crippen molar-refractivity contribution in [3.63, 3.8) is 0 Å². The van der Waals surface area contributed by atoms with Crippen LogP contribution in [0.25, 0.3) is 0 Å². The van der Waals surface area contributed by atoms with E-state index >= 15 is 0 Å². The molecule has 0 radical (unpaired) electrons. The molecular weight excluding hydrogens is 200 g/mol. The fraction of sp³-hybridized carbons (Fsp3) is 0.667. The maximum atomic E-state index is 5.72. The molecule has 0 aliphatic carbocycles. The van der Waals surface area contributed by atoms with Crippen LogP contribution in [0.2, 0.25) is 0 Å². The largest absolute Gasteiger partial charge is 0.341 e. The van der Waals surface area contributed by atoms with Crippen LogP contribution in [0.5, 0.6) is 0 Å². The van der Waals surface area contributed by atoms with Gasteiger partial charge in [-0.2, -0.15) is 0 Å². The van der Waals surface area contributed by atoms with Crippen LogP contribution in [-0.4, -0.2) is 29.6 Å². The lowest BCUT2D eigenvalue weighted by molar-refractivity contribution is 0.419. The number of aromatic nitrogens is 2. The Balaban J connectivity index is 2.05. The molecule has 1 aliphatic rings. The molecule has 16 heavy (non-hydrogen) atoms. The Kier molecular flexibility index (Phi) is 3.72. The molecule has 2 N–H and O–H groups in total. The summed E-state index contributed by atoms with van der Waals surface area (Å²) < 4.78 is 0. The molecule has 1 atom stereocenters. The predicted octanol–water partition coefficient (Wildman–Crippen LogP) is 1.21. The van der Waals surface area contributed by atoms with Crippen LogP contribution in [0.15, 0.2) is 12.4 Å². The summed E-state index contributed by atoms with van der Waals surface area (Å²) in [6.07, 6.45) is 7.27. The third kappa shape index (κ3) is 2.50. The Labute approximate surface area is 96.9 Å². The second kappa shape index (κ2) is 5.25. The van der Waals surface area contributed by atoms with Crippen molar-refractivity contribution in [2.45, 2.75) is 26.2 Å². The van der Waals surface area contributed by atoms with Gasteiger partial charge in [0.15, 0.2) is 0 Å². The number of piperidine rings is 1. The second-order valence-corrected chi connectivity index (χ2v) is 4.43. The summed E-state index contributed by atoms with van der Waals surface area (Å²) in [7, 11) is 0. The minimum absolute atomic E-state index is 0.600. The van der Waals surface area contributed by atoms with Crippen LogP contribution in [0.3, 0.4) is 0 Å². The quantitative estimate of drug-likeness (QED) is 0.832. The molecule has 0 bridgehead atoms. The Hall–Kier alpha value is -1.16. The first-order valence-electron chi connectivity index (χ1n) is 6.09. The van der Waals surface area contributed by atoms with Crippen molar-refractivity contribution in [2.24, 2.45) is 11.7 Å². The minimum atomic E-state index is 0.600. The van der Waals surface area contributed by atoms with E-state index in [-0.39, 0.29) is 0 Å². The molecule has 4 heteroatoms. The van der Waals surface area contributed by atoms with Crippen molar-refractivity contribution < 1.29 is 0 Å². The van der Waals surface area contributed by atoms with E-state index < -0.39 is 0 Å². The summed E-state index contributed by atoms with van der Waals surface area (Å²) in [5, 5.41) is 0. The van der Waals surface area contributed by atoms with Crippen molar-refractivity contribution >= 4 is 5.95 Å². The smallest absolute Gasteiger partial charge is 0.225 e. The number of hydrogen-bond acceptors (Lipinski definition) is 4. The normalized spacial score (nSPS) is 21.1.